The minimum atomic E-state index is 0.502. The summed E-state index contributed by atoms with van der Waals surface area (Å²) in [5, 5.41) is 2.16. The molecule has 2 unspecified atom stereocenters. The zero-order chi connectivity index (χ0) is 11.7. The molecule has 2 nitrogen and oxygen atoms in total. The van der Waals surface area contributed by atoms with Crippen LogP contribution in [0.15, 0.2) is 0 Å². The molecule has 1 fully saturated rings. The minimum absolute atomic E-state index is 0.502. The average Bonchev–Trinajstić information content (AvgIpc) is 2.60. The molecule has 2 rings (SSSR count). The maximum atomic E-state index is 6.11. The maximum absolute atomic E-state index is 6.11. The van der Waals surface area contributed by atoms with Crippen molar-refractivity contribution < 1.29 is 0 Å². The summed E-state index contributed by atoms with van der Waals surface area (Å²) in [4.78, 5) is 4.76. The van der Waals surface area contributed by atoms with E-state index in [2.05, 4.69) is 20.8 Å². The van der Waals surface area contributed by atoms with Crippen LogP contribution in [0.5, 0.6) is 0 Å². The quantitative estimate of drug-likeness (QED) is 0.841. The Bertz CT molecular complexity index is 357. The van der Waals surface area contributed by atoms with E-state index in [1.807, 2.05) is 0 Å². The zero-order valence-electron chi connectivity index (χ0n) is 10.5. The molecule has 0 aromatic carbocycles. The Balaban J connectivity index is 2.19. The van der Waals surface area contributed by atoms with Gasteiger partial charge >= 0.3 is 0 Å². The van der Waals surface area contributed by atoms with Crippen molar-refractivity contribution in [2.45, 2.75) is 58.3 Å². The SMILES string of the molecule is CC1CCCC(c2nc(C(C)C)sc2N)C1. The molecule has 1 aliphatic rings. The highest BCUT2D eigenvalue weighted by molar-refractivity contribution is 7.15. The molecule has 1 aromatic rings. The van der Waals surface area contributed by atoms with Crippen LogP contribution in [-0.4, -0.2) is 4.98 Å². The van der Waals surface area contributed by atoms with E-state index in [4.69, 9.17) is 10.7 Å². The van der Waals surface area contributed by atoms with Gasteiger partial charge in [0, 0.05) is 11.8 Å². The van der Waals surface area contributed by atoms with Gasteiger partial charge < -0.3 is 5.73 Å². The van der Waals surface area contributed by atoms with Crippen LogP contribution in [-0.2, 0) is 0 Å². The van der Waals surface area contributed by atoms with Gasteiger partial charge in [0.25, 0.3) is 0 Å². The lowest BCUT2D eigenvalue weighted by Gasteiger charge is -2.25. The summed E-state index contributed by atoms with van der Waals surface area (Å²) >= 11 is 1.68. The van der Waals surface area contributed by atoms with Crippen molar-refractivity contribution in [1.82, 2.24) is 4.98 Å². The van der Waals surface area contributed by atoms with Crippen LogP contribution in [0.3, 0.4) is 0 Å². The Morgan fingerprint density at radius 1 is 1.38 bits per heavy atom. The molecular weight excluding hydrogens is 216 g/mol. The van der Waals surface area contributed by atoms with Gasteiger partial charge in [-0.2, -0.15) is 0 Å². The van der Waals surface area contributed by atoms with Crippen molar-refractivity contribution in [2.75, 3.05) is 5.73 Å². The Morgan fingerprint density at radius 3 is 2.69 bits per heavy atom. The molecule has 1 aromatic heterocycles. The molecule has 16 heavy (non-hydrogen) atoms. The standard InChI is InChI=1S/C13H22N2S/c1-8(2)13-15-11(12(14)16-13)10-6-4-5-9(3)7-10/h8-10H,4-7,14H2,1-3H3. The average molecular weight is 238 g/mol. The van der Waals surface area contributed by atoms with Crippen molar-refractivity contribution in [3.8, 4) is 0 Å². The summed E-state index contributed by atoms with van der Waals surface area (Å²) in [6.07, 6.45) is 5.25. The van der Waals surface area contributed by atoms with Crippen LogP contribution in [0, 0.1) is 5.92 Å². The second-order valence-electron chi connectivity index (χ2n) is 5.42. The van der Waals surface area contributed by atoms with E-state index in [1.54, 1.807) is 11.3 Å². The van der Waals surface area contributed by atoms with E-state index >= 15 is 0 Å². The predicted molar refractivity (Wildman–Crippen MR) is 71.0 cm³/mol. The number of nitrogen functional groups attached to an aromatic ring is 1. The van der Waals surface area contributed by atoms with Gasteiger partial charge in [-0.05, 0) is 18.8 Å². The largest absolute Gasteiger partial charge is 0.389 e. The smallest absolute Gasteiger partial charge is 0.110 e. The van der Waals surface area contributed by atoms with Crippen LogP contribution >= 0.6 is 11.3 Å². The van der Waals surface area contributed by atoms with Gasteiger partial charge in [0.2, 0.25) is 0 Å². The first-order chi connectivity index (χ1) is 7.58. The number of thiazole rings is 1. The lowest BCUT2D eigenvalue weighted by molar-refractivity contribution is 0.341. The molecule has 0 radical (unpaired) electrons. The molecule has 2 N–H and O–H groups in total. The second-order valence-corrected chi connectivity index (χ2v) is 6.49. The minimum Gasteiger partial charge on any atom is -0.389 e. The molecule has 0 amide bonds. The second kappa shape index (κ2) is 4.74. The fraction of sp³-hybridized carbons (Fsp3) is 0.769. The number of hydrogen-bond acceptors (Lipinski definition) is 3. The van der Waals surface area contributed by atoms with Gasteiger partial charge in [-0.3, -0.25) is 0 Å². The molecule has 0 bridgehead atoms. The van der Waals surface area contributed by atoms with Crippen LogP contribution in [0.25, 0.3) is 0 Å². The number of aromatic nitrogens is 1. The molecule has 0 aliphatic heterocycles. The molecule has 1 aliphatic carbocycles. The first-order valence-corrected chi connectivity index (χ1v) is 7.15. The third kappa shape index (κ3) is 2.40. The van der Waals surface area contributed by atoms with Gasteiger partial charge in [0.05, 0.1) is 10.7 Å². The number of anilines is 1. The van der Waals surface area contributed by atoms with Crippen molar-refractivity contribution in [3.05, 3.63) is 10.7 Å². The van der Waals surface area contributed by atoms with Gasteiger partial charge in [-0.1, -0.05) is 33.6 Å². The Morgan fingerprint density at radius 2 is 2.12 bits per heavy atom. The van der Waals surface area contributed by atoms with Crippen LogP contribution in [0.4, 0.5) is 5.00 Å². The van der Waals surface area contributed by atoms with Crippen LogP contribution in [0.2, 0.25) is 0 Å². The van der Waals surface area contributed by atoms with Crippen molar-refractivity contribution in [2.24, 2.45) is 5.92 Å². The monoisotopic (exact) mass is 238 g/mol. The number of hydrogen-bond donors (Lipinski definition) is 1. The van der Waals surface area contributed by atoms with E-state index in [1.165, 1.54) is 36.4 Å². The lowest BCUT2D eigenvalue weighted by Crippen LogP contribution is -2.13. The highest BCUT2D eigenvalue weighted by Crippen LogP contribution is 2.40. The third-order valence-electron chi connectivity index (χ3n) is 3.51. The summed E-state index contributed by atoms with van der Waals surface area (Å²) in [5.41, 5.74) is 7.31. The topological polar surface area (TPSA) is 38.9 Å². The summed E-state index contributed by atoms with van der Waals surface area (Å²) < 4.78 is 0. The highest BCUT2D eigenvalue weighted by Gasteiger charge is 2.25. The van der Waals surface area contributed by atoms with Crippen LogP contribution < -0.4 is 5.73 Å². The number of rotatable bonds is 2. The Labute approximate surface area is 102 Å². The summed E-state index contributed by atoms with van der Waals surface area (Å²) in [6.45, 7) is 6.72. The van der Waals surface area contributed by atoms with Crippen molar-refractivity contribution >= 4 is 16.3 Å². The van der Waals surface area contributed by atoms with E-state index in [0.717, 1.165) is 10.9 Å². The molecular formula is C13H22N2S. The summed E-state index contributed by atoms with van der Waals surface area (Å²) in [6, 6.07) is 0. The molecule has 0 spiro atoms. The van der Waals surface area contributed by atoms with Gasteiger partial charge in [0.1, 0.15) is 5.00 Å². The van der Waals surface area contributed by atoms with E-state index < -0.39 is 0 Å². The molecule has 2 atom stereocenters. The third-order valence-corrected chi connectivity index (χ3v) is 4.72. The lowest BCUT2D eigenvalue weighted by atomic mass is 9.81. The van der Waals surface area contributed by atoms with E-state index in [-0.39, 0.29) is 0 Å². The molecule has 3 heteroatoms. The first kappa shape index (κ1) is 11.9. The molecule has 1 saturated carbocycles. The van der Waals surface area contributed by atoms with Gasteiger partial charge in [-0.15, -0.1) is 11.3 Å². The Kier molecular flexibility index (Phi) is 3.53. The molecule has 90 valence electrons. The zero-order valence-corrected chi connectivity index (χ0v) is 11.3. The first-order valence-electron chi connectivity index (χ1n) is 6.34. The van der Waals surface area contributed by atoms with Crippen molar-refractivity contribution in [3.63, 3.8) is 0 Å². The molecule has 0 saturated heterocycles. The van der Waals surface area contributed by atoms with E-state index in [9.17, 15) is 0 Å². The van der Waals surface area contributed by atoms with Gasteiger partial charge in [0.15, 0.2) is 0 Å². The normalized spacial score (nSPS) is 26.2. The van der Waals surface area contributed by atoms with Gasteiger partial charge in [-0.25, -0.2) is 4.98 Å². The Hall–Kier alpha value is -0.570. The maximum Gasteiger partial charge on any atom is 0.110 e. The fourth-order valence-corrected chi connectivity index (χ4v) is 3.51. The summed E-state index contributed by atoms with van der Waals surface area (Å²) in [7, 11) is 0. The van der Waals surface area contributed by atoms with Crippen molar-refractivity contribution in [1.29, 1.82) is 0 Å². The molecule has 1 heterocycles. The highest BCUT2D eigenvalue weighted by atomic mass is 32.1. The fourth-order valence-electron chi connectivity index (χ4n) is 2.58. The van der Waals surface area contributed by atoms with E-state index in [0.29, 0.717) is 11.8 Å². The predicted octanol–water partition coefficient (Wildman–Crippen LogP) is 4.14. The number of nitrogens with zero attached hydrogens (tertiary/aromatic N) is 1. The van der Waals surface area contributed by atoms with Crippen LogP contribution in [0.1, 0.15) is 69.0 Å². The number of nitrogens with two attached hydrogens (primary N) is 1. The summed E-state index contributed by atoms with van der Waals surface area (Å²) in [5.74, 6) is 1.96.